The number of esters is 1. The number of fused-ring (bicyclic) bond motifs is 6. The lowest BCUT2D eigenvalue weighted by atomic mass is 9.77. The molecule has 1 saturated heterocycles. The molecule has 0 spiro atoms. The molecule has 0 aromatic heterocycles. The molecule has 0 unspecified atom stereocenters. The minimum atomic E-state index is -1.68. The highest BCUT2D eigenvalue weighted by atomic mass is 19.2. The van der Waals surface area contributed by atoms with Gasteiger partial charge in [-0.3, -0.25) is 14.4 Å². The van der Waals surface area contributed by atoms with E-state index in [1.165, 1.54) is 11.8 Å². The third kappa shape index (κ3) is 2.60. The number of benzene rings is 2. The van der Waals surface area contributed by atoms with Gasteiger partial charge in [-0.1, -0.05) is 18.2 Å². The molecule has 4 atom stereocenters. The average molecular weight is 442 g/mol. The maximum absolute atomic E-state index is 14.1. The van der Waals surface area contributed by atoms with Crippen molar-refractivity contribution < 1.29 is 32.6 Å². The van der Waals surface area contributed by atoms with E-state index in [2.05, 4.69) is 5.32 Å². The molecule has 1 fully saturated rings. The Morgan fingerprint density at radius 3 is 2.72 bits per heavy atom. The van der Waals surface area contributed by atoms with E-state index >= 15 is 0 Å². The number of hydrogen-bond donors (Lipinski definition) is 1. The molecule has 7 nitrogen and oxygen atoms in total. The Morgan fingerprint density at radius 1 is 1.25 bits per heavy atom. The molecule has 0 saturated carbocycles. The number of nitrogens with zero attached hydrogens (tertiary/aromatic N) is 1. The first-order chi connectivity index (χ1) is 15.3. The molecule has 0 bridgehead atoms. The molecule has 32 heavy (non-hydrogen) atoms. The molecular formula is C23H20F2N2O5. The van der Waals surface area contributed by atoms with Crippen LogP contribution < -0.4 is 10.1 Å². The highest BCUT2D eigenvalue weighted by Crippen LogP contribution is 2.56. The second-order valence-corrected chi connectivity index (χ2v) is 8.28. The van der Waals surface area contributed by atoms with Crippen molar-refractivity contribution in [3.8, 4) is 5.75 Å². The Labute approximate surface area is 182 Å². The second kappa shape index (κ2) is 7.01. The molecule has 1 N–H and O–H groups in total. The highest BCUT2D eigenvalue weighted by Gasteiger charge is 2.67. The van der Waals surface area contributed by atoms with Gasteiger partial charge in [-0.25, -0.2) is 8.78 Å². The van der Waals surface area contributed by atoms with E-state index in [4.69, 9.17) is 9.47 Å². The summed E-state index contributed by atoms with van der Waals surface area (Å²) in [6, 6.07) is 7.91. The number of hydrogen-bond acceptors (Lipinski definition) is 5. The fourth-order valence-electron chi connectivity index (χ4n) is 5.26. The predicted molar refractivity (Wildman–Crippen MR) is 108 cm³/mol. The van der Waals surface area contributed by atoms with Crippen molar-refractivity contribution in [2.45, 2.75) is 25.4 Å². The van der Waals surface area contributed by atoms with Crippen LogP contribution in [-0.2, 0) is 14.3 Å². The molecular weight excluding hydrogens is 422 g/mol. The van der Waals surface area contributed by atoms with Crippen LogP contribution in [0.25, 0.3) is 0 Å². The number of para-hydroxylation sites is 1. The van der Waals surface area contributed by atoms with Gasteiger partial charge in [0.25, 0.3) is 11.8 Å². The van der Waals surface area contributed by atoms with Crippen LogP contribution in [0.5, 0.6) is 5.75 Å². The Balaban J connectivity index is 1.76. The number of ether oxygens (including phenoxy) is 2. The predicted octanol–water partition coefficient (Wildman–Crippen LogP) is 3.06. The number of carbonyl (C=O) groups excluding carboxylic acids is 3. The number of carbonyl (C=O) groups is 3. The molecule has 166 valence electrons. The SMILES string of the molecule is CCOC(=O)[C@H]1[C@H]2COc3ccccc3[C@@H]2N2C(=O)c3cc(F)c(F)cc3NC(=O)[C@@]12C. The molecule has 3 heterocycles. The molecule has 5 rings (SSSR count). The summed E-state index contributed by atoms with van der Waals surface area (Å²) in [6.07, 6.45) is 0. The largest absolute Gasteiger partial charge is 0.493 e. The summed E-state index contributed by atoms with van der Waals surface area (Å²) < 4.78 is 39.1. The van der Waals surface area contributed by atoms with Crippen molar-refractivity contribution in [2.75, 3.05) is 18.5 Å². The van der Waals surface area contributed by atoms with Crippen LogP contribution >= 0.6 is 0 Å². The van der Waals surface area contributed by atoms with E-state index in [1.807, 2.05) is 0 Å². The molecule has 2 amide bonds. The lowest BCUT2D eigenvalue weighted by Gasteiger charge is -2.38. The number of anilines is 1. The summed E-state index contributed by atoms with van der Waals surface area (Å²) in [5.41, 5.74) is -1.37. The maximum Gasteiger partial charge on any atom is 0.312 e. The van der Waals surface area contributed by atoms with Crippen LogP contribution in [0.1, 0.15) is 35.8 Å². The van der Waals surface area contributed by atoms with E-state index in [-0.39, 0.29) is 24.5 Å². The van der Waals surface area contributed by atoms with Crippen LogP contribution in [0.15, 0.2) is 36.4 Å². The van der Waals surface area contributed by atoms with E-state index in [9.17, 15) is 23.2 Å². The Kier molecular flexibility index (Phi) is 4.47. The quantitative estimate of drug-likeness (QED) is 0.723. The van der Waals surface area contributed by atoms with Crippen LogP contribution in [0.2, 0.25) is 0 Å². The molecule has 3 aliphatic rings. The number of halogens is 2. The lowest BCUT2D eigenvalue weighted by Crippen LogP contribution is -2.57. The normalized spacial score (nSPS) is 27.9. The van der Waals surface area contributed by atoms with Crippen LogP contribution in [0.3, 0.4) is 0 Å². The minimum absolute atomic E-state index is 0.0858. The third-order valence-corrected chi connectivity index (χ3v) is 6.64. The van der Waals surface area contributed by atoms with Gasteiger partial charge in [0.05, 0.1) is 36.4 Å². The molecule has 0 aliphatic carbocycles. The fraction of sp³-hybridized carbons (Fsp3) is 0.348. The summed E-state index contributed by atoms with van der Waals surface area (Å²) in [4.78, 5) is 41.7. The Hall–Kier alpha value is -3.49. The topological polar surface area (TPSA) is 84.9 Å². The van der Waals surface area contributed by atoms with Crippen molar-refractivity contribution in [3.63, 3.8) is 0 Å². The molecule has 0 radical (unpaired) electrons. The monoisotopic (exact) mass is 442 g/mol. The zero-order chi connectivity index (χ0) is 22.8. The van der Waals surface area contributed by atoms with Crippen LogP contribution in [0.4, 0.5) is 14.5 Å². The molecule has 9 heteroatoms. The first-order valence-corrected chi connectivity index (χ1v) is 10.3. The third-order valence-electron chi connectivity index (χ3n) is 6.64. The molecule has 2 aromatic rings. The van der Waals surface area contributed by atoms with Crippen molar-refractivity contribution in [1.82, 2.24) is 4.90 Å². The molecule has 2 aromatic carbocycles. The van der Waals surface area contributed by atoms with Gasteiger partial charge in [0.15, 0.2) is 11.6 Å². The van der Waals surface area contributed by atoms with E-state index in [0.717, 1.165) is 12.1 Å². The summed E-state index contributed by atoms with van der Waals surface area (Å²) in [7, 11) is 0. The fourth-order valence-corrected chi connectivity index (χ4v) is 5.26. The minimum Gasteiger partial charge on any atom is -0.493 e. The summed E-state index contributed by atoms with van der Waals surface area (Å²) in [6.45, 7) is 3.31. The van der Waals surface area contributed by atoms with Gasteiger partial charge in [-0.2, -0.15) is 0 Å². The standard InChI is InChI=1S/C23H20F2N2O5/c1-3-31-21(29)18-13-10-32-17-7-5-4-6-11(17)19(13)27-20(28)12-8-14(24)15(25)9-16(12)26-22(30)23(18,27)2/h4-9,13,18-19H,3,10H2,1-2H3,(H,26,30)/t13-,18-,19+,23-/m1/s1. The summed E-state index contributed by atoms with van der Waals surface area (Å²) in [5, 5.41) is 2.54. The maximum atomic E-state index is 14.1. The van der Waals surface area contributed by atoms with E-state index in [0.29, 0.717) is 11.3 Å². The van der Waals surface area contributed by atoms with Crippen molar-refractivity contribution in [2.24, 2.45) is 11.8 Å². The molecule has 3 aliphatic heterocycles. The van der Waals surface area contributed by atoms with E-state index < -0.39 is 52.8 Å². The number of rotatable bonds is 2. The van der Waals surface area contributed by atoms with Crippen molar-refractivity contribution >= 4 is 23.5 Å². The lowest BCUT2D eigenvalue weighted by molar-refractivity contribution is -0.155. The highest BCUT2D eigenvalue weighted by molar-refractivity contribution is 6.13. The second-order valence-electron chi connectivity index (χ2n) is 8.28. The van der Waals surface area contributed by atoms with Crippen LogP contribution in [-0.4, -0.2) is 41.4 Å². The van der Waals surface area contributed by atoms with Gasteiger partial charge in [0.2, 0.25) is 0 Å². The van der Waals surface area contributed by atoms with Gasteiger partial charge in [0, 0.05) is 17.5 Å². The summed E-state index contributed by atoms with van der Waals surface area (Å²) >= 11 is 0. The van der Waals surface area contributed by atoms with Crippen LogP contribution in [0, 0.1) is 23.5 Å². The number of amides is 2. The zero-order valence-corrected chi connectivity index (χ0v) is 17.4. The smallest absolute Gasteiger partial charge is 0.312 e. The summed E-state index contributed by atoms with van der Waals surface area (Å²) in [5.74, 6) is -5.49. The van der Waals surface area contributed by atoms with Gasteiger partial charge in [-0.15, -0.1) is 0 Å². The van der Waals surface area contributed by atoms with Gasteiger partial charge < -0.3 is 19.7 Å². The Morgan fingerprint density at radius 2 is 1.97 bits per heavy atom. The first-order valence-electron chi connectivity index (χ1n) is 10.3. The van der Waals surface area contributed by atoms with Gasteiger partial charge >= 0.3 is 5.97 Å². The van der Waals surface area contributed by atoms with Crippen molar-refractivity contribution in [3.05, 3.63) is 59.2 Å². The Bertz CT molecular complexity index is 1170. The van der Waals surface area contributed by atoms with Crippen molar-refractivity contribution in [1.29, 1.82) is 0 Å². The first kappa shape index (κ1) is 20.4. The number of nitrogens with one attached hydrogen (secondary N) is 1. The zero-order valence-electron chi connectivity index (χ0n) is 17.4. The van der Waals surface area contributed by atoms with E-state index in [1.54, 1.807) is 31.2 Å². The van der Waals surface area contributed by atoms with Gasteiger partial charge in [0.1, 0.15) is 11.3 Å². The van der Waals surface area contributed by atoms with Gasteiger partial charge in [-0.05, 0) is 26.0 Å². The average Bonchev–Trinajstić information content (AvgIpc) is 3.01.